The molecular weight excluding hydrogens is 384 g/mol. The van der Waals surface area contributed by atoms with Gasteiger partial charge in [0.05, 0.1) is 39.6 Å². The second-order valence-electron chi connectivity index (χ2n) is 7.53. The van der Waals surface area contributed by atoms with Crippen LogP contribution in [0.4, 0.5) is 0 Å². The third-order valence-corrected chi connectivity index (χ3v) is 5.17. The Balaban J connectivity index is 0. The van der Waals surface area contributed by atoms with Gasteiger partial charge in [0.15, 0.2) is 0 Å². The van der Waals surface area contributed by atoms with Gasteiger partial charge < -0.3 is 28.4 Å². The van der Waals surface area contributed by atoms with E-state index in [0.717, 1.165) is 92.1 Å². The van der Waals surface area contributed by atoms with Gasteiger partial charge in [-0.3, -0.25) is 0 Å². The van der Waals surface area contributed by atoms with Crippen molar-refractivity contribution < 1.29 is 28.4 Å². The summed E-state index contributed by atoms with van der Waals surface area (Å²) in [6.45, 7) is 25.3. The maximum atomic E-state index is 5.52. The molecule has 0 aromatic carbocycles. The highest BCUT2D eigenvalue weighted by molar-refractivity contribution is 4.78. The SMILES string of the molecule is CCOCC(CC)(COCC)COCC.CCOCC(CC)(COCC)COCC. The van der Waals surface area contributed by atoms with E-state index in [-0.39, 0.29) is 10.8 Å². The van der Waals surface area contributed by atoms with Gasteiger partial charge in [0, 0.05) is 50.5 Å². The van der Waals surface area contributed by atoms with Gasteiger partial charge in [0.25, 0.3) is 0 Å². The highest BCUT2D eigenvalue weighted by atomic mass is 16.5. The molecule has 0 aromatic heterocycles. The second-order valence-corrected chi connectivity index (χ2v) is 7.53. The number of ether oxygens (including phenoxy) is 6. The van der Waals surface area contributed by atoms with Crippen LogP contribution in [-0.4, -0.2) is 79.3 Å². The minimum absolute atomic E-state index is 0.0298. The highest BCUT2D eigenvalue weighted by Gasteiger charge is 2.30. The Labute approximate surface area is 187 Å². The van der Waals surface area contributed by atoms with Crippen LogP contribution in [0.2, 0.25) is 0 Å². The van der Waals surface area contributed by atoms with Crippen LogP contribution in [-0.2, 0) is 28.4 Å². The van der Waals surface area contributed by atoms with Crippen molar-refractivity contribution in [1.82, 2.24) is 0 Å². The van der Waals surface area contributed by atoms with Gasteiger partial charge in [-0.15, -0.1) is 0 Å². The highest BCUT2D eigenvalue weighted by Crippen LogP contribution is 2.24. The Bertz CT molecular complexity index is 262. The first kappa shape index (κ1) is 31.9. The summed E-state index contributed by atoms with van der Waals surface area (Å²) in [6.07, 6.45) is 2.04. The molecule has 0 radical (unpaired) electrons. The maximum absolute atomic E-state index is 5.52. The van der Waals surface area contributed by atoms with Gasteiger partial charge in [-0.1, -0.05) is 13.8 Å². The van der Waals surface area contributed by atoms with Gasteiger partial charge in [-0.25, -0.2) is 0 Å². The van der Waals surface area contributed by atoms with Crippen molar-refractivity contribution >= 4 is 0 Å². The summed E-state index contributed by atoms with van der Waals surface area (Å²) in [5.74, 6) is 0. The van der Waals surface area contributed by atoms with Crippen LogP contribution in [0, 0.1) is 10.8 Å². The fourth-order valence-electron chi connectivity index (χ4n) is 2.77. The molecule has 6 nitrogen and oxygen atoms in total. The van der Waals surface area contributed by atoms with E-state index in [1.165, 1.54) is 0 Å². The molecule has 0 N–H and O–H groups in total. The number of hydrogen-bond donors (Lipinski definition) is 0. The van der Waals surface area contributed by atoms with E-state index in [4.69, 9.17) is 28.4 Å². The molecule has 0 bridgehead atoms. The summed E-state index contributed by atoms with van der Waals surface area (Å²) in [5, 5.41) is 0. The fourth-order valence-corrected chi connectivity index (χ4v) is 2.77. The maximum Gasteiger partial charge on any atom is 0.0566 e. The minimum atomic E-state index is 0.0298. The largest absolute Gasteiger partial charge is 0.381 e. The molecular formula is C24H52O6. The van der Waals surface area contributed by atoms with Gasteiger partial charge in [0.1, 0.15) is 0 Å². The summed E-state index contributed by atoms with van der Waals surface area (Å²) in [7, 11) is 0. The Morgan fingerprint density at radius 1 is 0.333 bits per heavy atom. The molecule has 0 aliphatic heterocycles. The molecule has 0 spiro atoms. The lowest BCUT2D eigenvalue weighted by molar-refractivity contribution is -0.0659. The third kappa shape index (κ3) is 15.5. The van der Waals surface area contributed by atoms with E-state index in [1.54, 1.807) is 0 Å². The van der Waals surface area contributed by atoms with Crippen molar-refractivity contribution in [3.05, 3.63) is 0 Å². The van der Waals surface area contributed by atoms with E-state index in [2.05, 4.69) is 13.8 Å². The molecule has 0 amide bonds. The summed E-state index contributed by atoms with van der Waals surface area (Å²) < 4.78 is 33.1. The summed E-state index contributed by atoms with van der Waals surface area (Å²) >= 11 is 0. The summed E-state index contributed by atoms with van der Waals surface area (Å²) in [6, 6.07) is 0. The molecule has 0 saturated carbocycles. The second kappa shape index (κ2) is 22.0. The molecule has 0 aliphatic carbocycles. The molecule has 0 heterocycles. The molecule has 6 heteroatoms. The van der Waals surface area contributed by atoms with Crippen LogP contribution < -0.4 is 0 Å². The monoisotopic (exact) mass is 436 g/mol. The van der Waals surface area contributed by atoms with Crippen molar-refractivity contribution in [1.29, 1.82) is 0 Å². The van der Waals surface area contributed by atoms with E-state index in [1.807, 2.05) is 41.5 Å². The van der Waals surface area contributed by atoms with Crippen LogP contribution in [0.1, 0.15) is 68.2 Å². The summed E-state index contributed by atoms with van der Waals surface area (Å²) in [4.78, 5) is 0. The molecule has 184 valence electrons. The predicted octanol–water partition coefficient (Wildman–Crippen LogP) is 4.98. The number of rotatable bonds is 20. The average molecular weight is 437 g/mol. The fraction of sp³-hybridized carbons (Fsp3) is 1.00. The van der Waals surface area contributed by atoms with Crippen LogP contribution >= 0.6 is 0 Å². The first-order valence-electron chi connectivity index (χ1n) is 11.9. The quantitative estimate of drug-likeness (QED) is 0.268. The zero-order valence-electron chi connectivity index (χ0n) is 21.3. The Kier molecular flexibility index (Phi) is 23.4. The average Bonchev–Trinajstić information content (AvgIpc) is 2.79. The van der Waals surface area contributed by atoms with Gasteiger partial charge >= 0.3 is 0 Å². The zero-order chi connectivity index (χ0) is 23.1. The van der Waals surface area contributed by atoms with E-state index in [9.17, 15) is 0 Å². The van der Waals surface area contributed by atoms with E-state index in [0.29, 0.717) is 0 Å². The lowest BCUT2D eigenvalue weighted by atomic mass is 9.88. The summed E-state index contributed by atoms with van der Waals surface area (Å²) in [5.41, 5.74) is 0.0596. The molecule has 30 heavy (non-hydrogen) atoms. The molecule has 0 fully saturated rings. The molecule has 0 unspecified atom stereocenters. The minimum Gasteiger partial charge on any atom is -0.381 e. The van der Waals surface area contributed by atoms with E-state index >= 15 is 0 Å². The van der Waals surface area contributed by atoms with E-state index < -0.39 is 0 Å². The van der Waals surface area contributed by atoms with Crippen LogP contribution in [0.3, 0.4) is 0 Å². The molecule has 0 saturated heterocycles. The standard InChI is InChI=1S/2C12H26O3/c2*1-5-12(9-13-6-2,10-14-7-3)11-15-8-4/h2*5-11H2,1-4H3. The van der Waals surface area contributed by atoms with Gasteiger partial charge in [-0.05, 0) is 54.4 Å². The van der Waals surface area contributed by atoms with Gasteiger partial charge in [-0.2, -0.15) is 0 Å². The van der Waals surface area contributed by atoms with Crippen molar-refractivity contribution in [3.63, 3.8) is 0 Å². The van der Waals surface area contributed by atoms with Crippen molar-refractivity contribution in [3.8, 4) is 0 Å². The molecule has 0 rings (SSSR count). The van der Waals surface area contributed by atoms with Crippen LogP contribution in [0.15, 0.2) is 0 Å². The molecule has 0 aromatic rings. The number of hydrogen-bond acceptors (Lipinski definition) is 6. The zero-order valence-corrected chi connectivity index (χ0v) is 21.3. The topological polar surface area (TPSA) is 55.4 Å². The van der Waals surface area contributed by atoms with Gasteiger partial charge in [0.2, 0.25) is 0 Å². The van der Waals surface area contributed by atoms with Crippen LogP contribution in [0.5, 0.6) is 0 Å². The molecule has 0 atom stereocenters. The molecule has 0 aliphatic rings. The smallest absolute Gasteiger partial charge is 0.0566 e. The first-order valence-corrected chi connectivity index (χ1v) is 11.9. The van der Waals surface area contributed by atoms with Crippen LogP contribution in [0.25, 0.3) is 0 Å². The first-order chi connectivity index (χ1) is 14.5. The van der Waals surface area contributed by atoms with Crippen molar-refractivity contribution in [2.45, 2.75) is 68.2 Å². The van der Waals surface area contributed by atoms with Crippen molar-refractivity contribution in [2.24, 2.45) is 10.8 Å². The Morgan fingerprint density at radius 2 is 0.500 bits per heavy atom. The Hall–Kier alpha value is -0.240. The third-order valence-electron chi connectivity index (χ3n) is 5.17. The van der Waals surface area contributed by atoms with Crippen molar-refractivity contribution in [2.75, 3.05) is 79.3 Å². The predicted molar refractivity (Wildman–Crippen MR) is 124 cm³/mol. The normalized spacial score (nSPS) is 12.0. The Morgan fingerprint density at radius 3 is 0.600 bits per heavy atom. The lowest BCUT2D eigenvalue weighted by Gasteiger charge is -2.31. The lowest BCUT2D eigenvalue weighted by Crippen LogP contribution is -2.36.